The molecule has 0 unspecified atom stereocenters. The molecule has 0 amide bonds. The molecule has 40 heavy (non-hydrogen) atoms. The van der Waals surface area contributed by atoms with Crippen molar-refractivity contribution in [2.75, 3.05) is 42.4 Å². The van der Waals surface area contributed by atoms with E-state index in [0.29, 0.717) is 22.1 Å². The quantitative estimate of drug-likeness (QED) is 0.193. The second-order valence-electron chi connectivity index (χ2n) is 10.6. The number of nitrogens with zero attached hydrogens (tertiary/aromatic N) is 1. The van der Waals surface area contributed by atoms with Gasteiger partial charge < -0.3 is 41.5 Å². The van der Waals surface area contributed by atoms with E-state index in [1.807, 2.05) is 60.7 Å². The number of allylic oxidation sites excluding steroid dienone is 2. The van der Waals surface area contributed by atoms with E-state index in [0.717, 1.165) is 49.4 Å². The molecule has 2 aliphatic heterocycles. The molecular formula is C31H28N4O5. The lowest BCUT2D eigenvalue weighted by Crippen LogP contribution is -2.54. The third kappa shape index (κ3) is 3.20. The van der Waals surface area contributed by atoms with Crippen LogP contribution in [0.5, 0.6) is 0 Å². The monoisotopic (exact) mass is 536 g/mol. The Balaban J connectivity index is 1.42. The molecule has 7 rings (SSSR count). The van der Waals surface area contributed by atoms with E-state index in [9.17, 15) is 25.5 Å². The van der Waals surface area contributed by atoms with E-state index in [-0.39, 0.29) is 32.2 Å². The molecule has 9 heteroatoms. The van der Waals surface area contributed by atoms with Gasteiger partial charge in [-0.05, 0) is 51.4 Å². The lowest BCUT2D eigenvalue weighted by atomic mass is 9.77. The fourth-order valence-corrected chi connectivity index (χ4v) is 6.15. The second kappa shape index (κ2) is 8.54. The predicted octanol–water partition coefficient (Wildman–Crippen LogP) is 1.93. The first-order valence-electron chi connectivity index (χ1n) is 13.0. The van der Waals surface area contributed by atoms with E-state index in [1.165, 1.54) is 0 Å². The zero-order valence-electron chi connectivity index (χ0n) is 21.5. The Labute approximate surface area is 228 Å². The summed E-state index contributed by atoms with van der Waals surface area (Å²) < 4.78 is 0. The molecular weight excluding hydrogens is 508 g/mol. The van der Waals surface area contributed by atoms with Crippen molar-refractivity contribution < 1.29 is 25.5 Å². The Morgan fingerprint density at radius 1 is 0.675 bits per heavy atom. The van der Waals surface area contributed by atoms with Gasteiger partial charge in [-0.25, -0.2) is 0 Å². The van der Waals surface area contributed by atoms with Crippen LogP contribution in [0.2, 0.25) is 0 Å². The molecule has 0 spiro atoms. The van der Waals surface area contributed by atoms with Crippen molar-refractivity contribution in [2.45, 2.75) is 11.3 Å². The first kappa shape index (κ1) is 24.6. The van der Waals surface area contributed by atoms with Gasteiger partial charge in [0, 0.05) is 39.0 Å². The van der Waals surface area contributed by atoms with Crippen LogP contribution in [-0.4, -0.2) is 63.3 Å². The number of hydrogen-bond acceptors (Lipinski definition) is 9. The van der Waals surface area contributed by atoms with Crippen LogP contribution in [0.4, 0.5) is 17.1 Å². The molecule has 4 aromatic rings. The van der Waals surface area contributed by atoms with Crippen LogP contribution in [0.25, 0.3) is 32.7 Å². The number of aliphatic hydroxyl groups excluding tert-OH is 5. The summed E-state index contributed by atoms with van der Waals surface area (Å²) in [6.07, 6.45) is 0. The summed E-state index contributed by atoms with van der Waals surface area (Å²) in [4.78, 5) is 4.60. The Kier molecular flexibility index (Phi) is 5.26. The number of nitrogens with one attached hydrogen (secondary N) is 3. The van der Waals surface area contributed by atoms with Gasteiger partial charge in [-0.15, -0.1) is 0 Å². The van der Waals surface area contributed by atoms with E-state index in [4.69, 9.17) is 0 Å². The van der Waals surface area contributed by atoms with E-state index >= 15 is 0 Å². The second-order valence-corrected chi connectivity index (χ2v) is 10.6. The summed E-state index contributed by atoms with van der Waals surface area (Å²) in [5.74, 6) is 0.143. The van der Waals surface area contributed by atoms with Crippen molar-refractivity contribution in [1.82, 2.24) is 0 Å². The summed E-state index contributed by atoms with van der Waals surface area (Å²) in [6.45, 7) is 3.01. The smallest absolute Gasteiger partial charge is 0.176 e. The molecule has 0 saturated heterocycles. The summed E-state index contributed by atoms with van der Waals surface area (Å²) >= 11 is 0. The molecule has 0 aromatic heterocycles. The Hall–Kier alpha value is -4.41. The van der Waals surface area contributed by atoms with Gasteiger partial charge in [0.15, 0.2) is 11.3 Å². The minimum absolute atomic E-state index is 0.143. The maximum absolute atomic E-state index is 11.5. The van der Waals surface area contributed by atoms with Gasteiger partial charge >= 0.3 is 0 Å². The topological polar surface area (TPSA) is 150 Å². The van der Waals surface area contributed by atoms with Crippen molar-refractivity contribution in [1.29, 1.82) is 0 Å². The molecule has 8 N–H and O–H groups in total. The number of rotatable bonds is 5. The number of aliphatic hydroxyl groups is 5. The van der Waals surface area contributed by atoms with Gasteiger partial charge in [0.05, 0.1) is 31.8 Å². The van der Waals surface area contributed by atoms with Crippen LogP contribution in [0.15, 0.2) is 83.6 Å². The van der Waals surface area contributed by atoms with Gasteiger partial charge in [0.25, 0.3) is 0 Å². The van der Waals surface area contributed by atoms with E-state index in [2.05, 4.69) is 27.5 Å². The van der Waals surface area contributed by atoms with Crippen LogP contribution < -0.4 is 26.5 Å². The molecule has 2 heterocycles. The Morgan fingerprint density at radius 3 is 1.98 bits per heavy atom. The zero-order chi connectivity index (χ0) is 27.8. The summed E-state index contributed by atoms with van der Waals surface area (Å²) in [6, 6.07) is 19.0. The highest BCUT2D eigenvalue weighted by Crippen LogP contribution is 2.49. The van der Waals surface area contributed by atoms with E-state index < -0.39 is 11.3 Å². The van der Waals surface area contributed by atoms with Crippen LogP contribution in [-0.2, 0) is 0 Å². The highest BCUT2D eigenvalue weighted by Gasteiger charge is 2.36. The third-order valence-electron chi connectivity index (χ3n) is 8.19. The minimum Gasteiger partial charge on any atom is -0.507 e. The average Bonchev–Trinajstić information content (AvgIpc) is 2.99. The molecule has 0 atom stereocenters. The summed E-state index contributed by atoms with van der Waals surface area (Å²) in [7, 11) is 0. The number of anilines is 3. The maximum Gasteiger partial charge on any atom is 0.176 e. The van der Waals surface area contributed by atoms with Crippen molar-refractivity contribution in [2.24, 2.45) is 4.99 Å². The number of benzene rings is 4. The molecule has 1 aliphatic carbocycles. The van der Waals surface area contributed by atoms with Gasteiger partial charge in [-0.3, -0.25) is 4.99 Å². The Bertz CT molecular complexity index is 1910. The predicted molar refractivity (Wildman–Crippen MR) is 155 cm³/mol. The normalized spacial score (nSPS) is 19.4. The lowest BCUT2D eigenvalue weighted by molar-refractivity contribution is 0.138. The lowest BCUT2D eigenvalue weighted by Gasteiger charge is -2.39. The molecule has 3 aliphatic rings. The van der Waals surface area contributed by atoms with Crippen LogP contribution in [0.3, 0.4) is 0 Å². The highest BCUT2D eigenvalue weighted by molar-refractivity contribution is 6.19. The summed E-state index contributed by atoms with van der Waals surface area (Å²) in [5.41, 5.74) is 2.85. The van der Waals surface area contributed by atoms with Crippen molar-refractivity contribution in [3.05, 3.63) is 94.7 Å². The largest absolute Gasteiger partial charge is 0.507 e. The average molecular weight is 537 g/mol. The molecule has 0 bridgehead atoms. The molecule has 202 valence electrons. The summed E-state index contributed by atoms with van der Waals surface area (Å²) in [5, 5.41) is 65.7. The van der Waals surface area contributed by atoms with Gasteiger partial charge in [0.1, 0.15) is 5.76 Å². The first-order valence-corrected chi connectivity index (χ1v) is 13.0. The van der Waals surface area contributed by atoms with Gasteiger partial charge in [-0.2, -0.15) is 0 Å². The van der Waals surface area contributed by atoms with Crippen LogP contribution in [0.1, 0.15) is 5.56 Å². The fraction of sp³-hybridized carbons (Fsp3) is 0.194. The van der Waals surface area contributed by atoms with Crippen LogP contribution in [0, 0.1) is 0 Å². The number of hydrogen-bond donors (Lipinski definition) is 8. The molecule has 0 fully saturated rings. The van der Waals surface area contributed by atoms with Crippen LogP contribution >= 0.6 is 0 Å². The molecule has 0 radical (unpaired) electrons. The molecule has 4 aromatic carbocycles. The third-order valence-corrected chi connectivity index (χ3v) is 8.19. The standard InChI is InChI=1S/C31H28N4O5/c1-16-25(19-8-10-23-27-17(19)4-2-6-21(27)32-30(12-36,13-37)34-23)29(40)26(16)20-9-11-24-28-18(20)5-3-7-22(28)33-31(14-38,15-39)35-24/h2-11,32-34,36-40H,1,12-15H2/b26-20+. The molecule has 9 nitrogen and oxygen atoms in total. The maximum atomic E-state index is 11.5. The van der Waals surface area contributed by atoms with Crippen molar-refractivity contribution >= 4 is 49.8 Å². The van der Waals surface area contributed by atoms with E-state index in [1.54, 1.807) is 0 Å². The van der Waals surface area contributed by atoms with Gasteiger partial charge in [-0.1, -0.05) is 43.0 Å². The molecule has 0 saturated carbocycles. The Morgan fingerprint density at radius 2 is 1.32 bits per heavy atom. The van der Waals surface area contributed by atoms with Crippen molar-refractivity contribution in [3.8, 4) is 0 Å². The fourth-order valence-electron chi connectivity index (χ4n) is 6.15. The van der Waals surface area contributed by atoms with Crippen molar-refractivity contribution in [3.63, 3.8) is 0 Å². The SMILES string of the molecule is C=C1C(c2ccc3c4c(cccc24)NC(CO)(CO)N3)=C(O)/C1=c1\ccc2c3c(cccc13)NC(CO)(CO)N=2. The zero-order valence-corrected chi connectivity index (χ0v) is 21.5. The van der Waals surface area contributed by atoms with Gasteiger partial charge in [0.2, 0.25) is 0 Å². The minimum atomic E-state index is -1.20. The highest BCUT2D eigenvalue weighted by atomic mass is 16.3. The first-order chi connectivity index (χ1) is 19.4.